The van der Waals surface area contributed by atoms with Crippen molar-refractivity contribution >= 4 is 11.3 Å². The highest BCUT2D eigenvalue weighted by Gasteiger charge is 2.18. The van der Waals surface area contributed by atoms with Crippen molar-refractivity contribution in [2.45, 2.75) is 25.9 Å². The zero-order chi connectivity index (χ0) is 13.9. The zero-order valence-corrected chi connectivity index (χ0v) is 12.1. The molecule has 0 bridgehead atoms. The highest BCUT2D eigenvalue weighted by molar-refractivity contribution is 7.13. The van der Waals surface area contributed by atoms with Crippen molar-refractivity contribution in [3.63, 3.8) is 0 Å². The molecule has 2 atom stereocenters. The molecule has 5 nitrogen and oxygen atoms in total. The molecule has 0 radical (unpaired) electrons. The van der Waals surface area contributed by atoms with Crippen molar-refractivity contribution in [3.8, 4) is 10.8 Å². The molecule has 3 heterocycles. The van der Waals surface area contributed by atoms with Crippen molar-refractivity contribution in [1.29, 1.82) is 0 Å². The molecule has 0 aliphatic carbocycles. The molecule has 0 amide bonds. The van der Waals surface area contributed by atoms with Gasteiger partial charge in [-0.1, -0.05) is 6.07 Å². The van der Waals surface area contributed by atoms with E-state index in [4.69, 9.17) is 8.83 Å². The Hall–Kier alpha value is -1.92. The molecule has 0 aliphatic rings. The lowest BCUT2D eigenvalue weighted by molar-refractivity contribution is 0.361. The van der Waals surface area contributed by atoms with Crippen LogP contribution in [0.1, 0.15) is 37.6 Å². The van der Waals surface area contributed by atoms with E-state index in [1.807, 2.05) is 43.5 Å². The number of nitrogens with zero attached hydrogens (tertiary/aromatic N) is 2. The third kappa shape index (κ3) is 2.66. The molecule has 3 rings (SSSR count). The van der Waals surface area contributed by atoms with Crippen molar-refractivity contribution < 1.29 is 8.83 Å². The van der Waals surface area contributed by atoms with Gasteiger partial charge in [0.25, 0.3) is 5.89 Å². The van der Waals surface area contributed by atoms with Gasteiger partial charge in [0.1, 0.15) is 5.76 Å². The molecular formula is C14H15N3O2S. The van der Waals surface area contributed by atoms with Gasteiger partial charge in [-0.3, -0.25) is 5.32 Å². The number of hydrogen-bond acceptors (Lipinski definition) is 6. The topological polar surface area (TPSA) is 64.1 Å². The maximum Gasteiger partial charge on any atom is 0.257 e. The van der Waals surface area contributed by atoms with Gasteiger partial charge in [0.05, 0.1) is 23.2 Å². The highest BCUT2D eigenvalue weighted by atomic mass is 32.1. The van der Waals surface area contributed by atoms with E-state index in [0.29, 0.717) is 11.8 Å². The summed E-state index contributed by atoms with van der Waals surface area (Å²) in [6.45, 7) is 4.02. The predicted octanol–water partition coefficient (Wildman–Crippen LogP) is 3.80. The molecule has 6 heteroatoms. The van der Waals surface area contributed by atoms with Gasteiger partial charge in [-0.15, -0.1) is 21.5 Å². The quantitative estimate of drug-likeness (QED) is 0.774. The fourth-order valence-corrected chi connectivity index (χ4v) is 2.62. The van der Waals surface area contributed by atoms with Gasteiger partial charge >= 0.3 is 0 Å². The Morgan fingerprint density at radius 2 is 2.05 bits per heavy atom. The van der Waals surface area contributed by atoms with Crippen LogP contribution in [-0.4, -0.2) is 10.2 Å². The Morgan fingerprint density at radius 3 is 2.75 bits per heavy atom. The lowest BCUT2D eigenvalue weighted by Gasteiger charge is -2.15. The summed E-state index contributed by atoms with van der Waals surface area (Å²) in [6, 6.07) is 7.78. The lowest BCUT2D eigenvalue weighted by Crippen LogP contribution is -2.22. The average Bonchev–Trinajstić information content (AvgIpc) is 3.19. The molecule has 20 heavy (non-hydrogen) atoms. The van der Waals surface area contributed by atoms with E-state index in [2.05, 4.69) is 15.5 Å². The van der Waals surface area contributed by atoms with Gasteiger partial charge in [-0.2, -0.15) is 0 Å². The molecule has 3 aromatic heterocycles. The van der Waals surface area contributed by atoms with Crippen molar-refractivity contribution in [2.75, 3.05) is 0 Å². The van der Waals surface area contributed by atoms with E-state index in [1.54, 1.807) is 17.6 Å². The fourth-order valence-electron chi connectivity index (χ4n) is 1.98. The third-order valence-electron chi connectivity index (χ3n) is 3.01. The third-order valence-corrected chi connectivity index (χ3v) is 3.87. The smallest absolute Gasteiger partial charge is 0.257 e. The Balaban J connectivity index is 1.70. The van der Waals surface area contributed by atoms with E-state index in [0.717, 1.165) is 10.6 Å². The monoisotopic (exact) mass is 289 g/mol. The van der Waals surface area contributed by atoms with Crippen LogP contribution in [0.4, 0.5) is 0 Å². The van der Waals surface area contributed by atoms with E-state index in [1.165, 1.54) is 0 Å². The highest BCUT2D eigenvalue weighted by Crippen LogP contribution is 2.25. The summed E-state index contributed by atoms with van der Waals surface area (Å²) in [5.41, 5.74) is 0. The lowest BCUT2D eigenvalue weighted by atomic mass is 10.2. The van der Waals surface area contributed by atoms with E-state index in [9.17, 15) is 0 Å². The summed E-state index contributed by atoms with van der Waals surface area (Å²) >= 11 is 1.58. The van der Waals surface area contributed by atoms with Gasteiger partial charge < -0.3 is 8.83 Å². The van der Waals surface area contributed by atoms with Gasteiger partial charge in [0.2, 0.25) is 5.89 Å². The first-order valence-corrected chi connectivity index (χ1v) is 7.28. The number of hydrogen-bond donors (Lipinski definition) is 1. The maximum absolute atomic E-state index is 5.70. The van der Waals surface area contributed by atoms with Crippen molar-refractivity contribution in [1.82, 2.24) is 15.5 Å². The van der Waals surface area contributed by atoms with Crippen LogP contribution in [0.3, 0.4) is 0 Å². The van der Waals surface area contributed by atoms with Crippen LogP contribution in [0.2, 0.25) is 0 Å². The summed E-state index contributed by atoms with van der Waals surface area (Å²) in [4.78, 5) is 0.982. The minimum Gasteiger partial charge on any atom is -0.468 e. The van der Waals surface area contributed by atoms with Gasteiger partial charge in [-0.25, -0.2) is 0 Å². The Morgan fingerprint density at radius 1 is 1.15 bits per heavy atom. The van der Waals surface area contributed by atoms with Gasteiger partial charge in [0.15, 0.2) is 0 Å². The summed E-state index contributed by atoms with van der Waals surface area (Å²) < 4.78 is 11.1. The first-order valence-electron chi connectivity index (χ1n) is 6.41. The normalized spacial score (nSPS) is 14.3. The van der Waals surface area contributed by atoms with E-state index < -0.39 is 0 Å². The predicted molar refractivity (Wildman–Crippen MR) is 76.3 cm³/mol. The zero-order valence-electron chi connectivity index (χ0n) is 11.2. The summed E-state index contributed by atoms with van der Waals surface area (Å²) in [5.74, 6) is 2.02. The molecule has 0 unspecified atom stereocenters. The van der Waals surface area contributed by atoms with Crippen molar-refractivity contribution in [3.05, 3.63) is 47.6 Å². The number of aromatic nitrogens is 2. The average molecular weight is 289 g/mol. The number of thiophene rings is 1. The first kappa shape index (κ1) is 13.1. The Kier molecular flexibility index (Phi) is 3.66. The molecule has 0 saturated heterocycles. The minimum atomic E-state index is -0.0451. The SMILES string of the molecule is C[C@H](N[C@H](C)c1ccco1)c1nnc(-c2cccs2)o1. The van der Waals surface area contributed by atoms with E-state index >= 15 is 0 Å². The maximum atomic E-state index is 5.70. The number of rotatable bonds is 5. The standard InChI is InChI=1S/C14H15N3O2S/c1-9(11-5-3-7-18-11)15-10(2)13-16-17-14(19-13)12-6-4-8-20-12/h3-10,15H,1-2H3/t9-,10+/m1/s1. The minimum absolute atomic E-state index is 0.0451. The second-order valence-electron chi connectivity index (χ2n) is 4.55. The summed E-state index contributed by atoms with van der Waals surface area (Å²) in [7, 11) is 0. The largest absolute Gasteiger partial charge is 0.468 e. The fraction of sp³-hybridized carbons (Fsp3) is 0.286. The molecule has 0 fully saturated rings. The van der Waals surface area contributed by atoms with Crippen molar-refractivity contribution in [2.24, 2.45) is 0 Å². The molecule has 0 saturated carbocycles. The molecule has 104 valence electrons. The molecule has 1 N–H and O–H groups in total. The summed E-state index contributed by atoms with van der Waals surface area (Å²) in [5, 5.41) is 13.5. The van der Waals surface area contributed by atoms with Gasteiger partial charge in [0, 0.05) is 0 Å². The van der Waals surface area contributed by atoms with Gasteiger partial charge in [-0.05, 0) is 37.4 Å². The second kappa shape index (κ2) is 5.60. The number of nitrogens with one attached hydrogen (secondary N) is 1. The first-order chi connectivity index (χ1) is 9.74. The Bertz CT molecular complexity index is 646. The van der Waals surface area contributed by atoms with Crippen LogP contribution in [0.15, 0.2) is 44.7 Å². The summed E-state index contributed by atoms with van der Waals surface area (Å²) in [6.07, 6.45) is 1.67. The Labute approximate surface area is 120 Å². The van der Waals surface area contributed by atoms with Crippen LogP contribution < -0.4 is 5.32 Å². The van der Waals surface area contributed by atoms with Crippen LogP contribution in [0.5, 0.6) is 0 Å². The van der Waals surface area contributed by atoms with Crippen LogP contribution in [0.25, 0.3) is 10.8 Å². The van der Waals surface area contributed by atoms with Crippen LogP contribution in [0, 0.1) is 0 Å². The van der Waals surface area contributed by atoms with Crippen LogP contribution in [-0.2, 0) is 0 Å². The van der Waals surface area contributed by atoms with Crippen LogP contribution >= 0.6 is 11.3 Å². The molecule has 0 aliphatic heterocycles. The second-order valence-corrected chi connectivity index (χ2v) is 5.50. The van der Waals surface area contributed by atoms with E-state index in [-0.39, 0.29) is 12.1 Å². The molecule has 0 spiro atoms. The number of furan rings is 1. The molecular weight excluding hydrogens is 274 g/mol. The molecule has 3 aromatic rings. The molecule has 0 aromatic carbocycles.